The number of hydrogen-bond donors (Lipinski definition) is 2. The van der Waals surface area contributed by atoms with Gasteiger partial charge in [-0.1, -0.05) is 12.8 Å². The van der Waals surface area contributed by atoms with Gasteiger partial charge < -0.3 is 15.5 Å². The lowest BCUT2D eigenvalue weighted by molar-refractivity contribution is -0.116. The molecule has 0 spiro atoms. The second-order valence-corrected chi connectivity index (χ2v) is 4.92. The van der Waals surface area contributed by atoms with Crippen LogP contribution in [0.1, 0.15) is 38.0 Å². The highest BCUT2D eigenvalue weighted by molar-refractivity contribution is 5.92. The number of benzene rings is 1. The van der Waals surface area contributed by atoms with E-state index in [-0.39, 0.29) is 30.7 Å². The molecule has 0 radical (unpaired) electrons. The number of fused-ring (bicyclic) bond motifs is 1. The number of amides is 1. The first-order valence-corrected chi connectivity index (χ1v) is 7.06. The van der Waals surface area contributed by atoms with Crippen LogP contribution < -0.4 is 11.1 Å². The zero-order valence-electron chi connectivity index (χ0n) is 12.6. The fraction of sp³-hybridized carbons (Fsp3) is 0.467. The summed E-state index contributed by atoms with van der Waals surface area (Å²) in [5.74, 6) is 0.667. The van der Waals surface area contributed by atoms with Crippen LogP contribution in [-0.4, -0.2) is 17.4 Å². The smallest absolute Gasteiger partial charge is 0.224 e. The van der Waals surface area contributed by atoms with Gasteiger partial charge in [-0.3, -0.25) is 4.79 Å². The highest BCUT2D eigenvalue weighted by atomic mass is 35.5. The van der Waals surface area contributed by atoms with E-state index in [0.717, 1.165) is 49.0 Å². The number of aryl methyl sites for hydroxylation is 1. The number of anilines is 1. The molecule has 0 fully saturated rings. The normalized spacial score (nSPS) is 9.91. The molecule has 5 nitrogen and oxygen atoms in total. The number of halogens is 2. The molecule has 0 aliphatic carbocycles. The quantitative estimate of drug-likeness (QED) is 0.745. The van der Waals surface area contributed by atoms with Crippen LogP contribution in [0.5, 0.6) is 0 Å². The maximum absolute atomic E-state index is 11.8. The molecule has 3 N–H and O–H groups in total. The van der Waals surface area contributed by atoms with Crippen molar-refractivity contribution in [3.8, 4) is 0 Å². The first-order valence-electron chi connectivity index (χ1n) is 7.06. The molecular formula is C15H23Cl2N3O2. The van der Waals surface area contributed by atoms with E-state index in [4.69, 9.17) is 10.2 Å². The predicted octanol–water partition coefficient (Wildman–Crippen LogP) is 3.83. The second-order valence-electron chi connectivity index (χ2n) is 4.92. The fourth-order valence-electron chi connectivity index (χ4n) is 2.13. The van der Waals surface area contributed by atoms with Gasteiger partial charge >= 0.3 is 0 Å². The number of nitrogens with zero attached hydrogens (tertiary/aromatic N) is 1. The molecule has 0 bridgehead atoms. The lowest BCUT2D eigenvalue weighted by Gasteiger charge is -2.04. The molecule has 0 atom stereocenters. The average molecular weight is 348 g/mol. The van der Waals surface area contributed by atoms with E-state index in [9.17, 15) is 4.79 Å². The second kappa shape index (κ2) is 10.4. The number of nitrogens with one attached hydrogen (secondary N) is 1. The summed E-state index contributed by atoms with van der Waals surface area (Å²) in [5.41, 5.74) is 7.69. The molecule has 1 aromatic heterocycles. The SMILES string of the molecule is Cc1nc2cc(NC(=O)CCCCCCN)ccc2o1.Cl.Cl. The Morgan fingerprint density at radius 2 is 1.95 bits per heavy atom. The van der Waals surface area contributed by atoms with Crippen LogP contribution in [0.3, 0.4) is 0 Å². The molecule has 7 heteroatoms. The number of unbranched alkanes of at least 4 members (excludes halogenated alkanes) is 3. The van der Waals surface area contributed by atoms with Crippen LogP contribution in [0.15, 0.2) is 22.6 Å². The van der Waals surface area contributed by atoms with Gasteiger partial charge in [-0.05, 0) is 37.6 Å². The zero-order chi connectivity index (χ0) is 14.4. The Labute approximate surface area is 142 Å². The van der Waals surface area contributed by atoms with Gasteiger partial charge in [-0.15, -0.1) is 24.8 Å². The molecule has 0 unspecified atom stereocenters. The lowest BCUT2D eigenvalue weighted by atomic mass is 10.1. The van der Waals surface area contributed by atoms with Gasteiger partial charge in [-0.25, -0.2) is 4.98 Å². The van der Waals surface area contributed by atoms with Crippen molar-refractivity contribution >= 4 is 47.5 Å². The topological polar surface area (TPSA) is 81.2 Å². The van der Waals surface area contributed by atoms with Gasteiger partial charge in [0.2, 0.25) is 5.91 Å². The summed E-state index contributed by atoms with van der Waals surface area (Å²) < 4.78 is 5.40. The Hall–Kier alpha value is -1.30. The molecule has 1 heterocycles. The van der Waals surface area contributed by atoms with Crippen LogP contribution in [0.25, 0.3) is 11.1 Å². The average Bonchev–Trinajstić information content (AvgIpc) is 2.78. The maximum atomic E-state index is 11.8. The molecule has 1 aromatic carbocycles. The van der Waals surface area contributed by atoms with Crippen LogP contribution in [0.2, 0.25) is 0 Å². The van der Waals surface area contributed by atoms with Gasteiger partial charge in [0, 0.05) is 19.0 Å². The van der Waals surface area contributed by atoms with Crippen LogP contribution in [0.4, 0.5) is 5.69 Å². The van der Waals surface area contributed by atoms with Gasteiger partial charge in [-0.2, -0.15) is 0 Å². The number of oxazole rings is 1. The van der Waals surface area contributed by atoms with Crippen molar-refractivity contribution in [1.82, 2.24) is 4.98 Å². The minimum atomic E-state index is 0. The van der Waals surface area contributed by atoms with E-state index in [1.165, 1.54) is 0 Å². The van der Waals surface area contributed by atoms with Crippen molar-refractivity contribution < 1.29 is 9.21 Å². The van der Waals surface area contributed by atoms with Crippen molar-refractivity contribution in [3.05, 3.63) is 24.1 Å². The Bertz CT molecular complexity index is 587. The van der Waals surface area contributed by atoms with E-state index < -0.39 is 0 Å². The third-order valence-corrected chi connectivity index (χ3v) is 3.14. The number of rotatable bonds is 7. The Morgan fingerprint density at radius 3 is 2.68 bits per heavy atom. The Kier molecular flexibility index (Phi) is 9.81. The third-order valence-electron chi connectivity index (χ3n) is 3.14. The monoisotopic (exact) mass is 347 g/mol. The molecule has 124 valence electrons. The molecule has 0 aliphatic heterocycles. The maximum Gasteiger partial charge on any atom is 0.224 e. The van der Waals surface area contributed by atoms with Gasteiger partial charge in [0.15, 0.2) is 11.5 Å². The molecule has 2 rings (SSSR count). The van der Waals surface area contributed by atoms with Crippen LogP contribution in [-0.2, 0) is 4.79 Å². The van der Waals surface area contributed by atoms with E-state index in [1.807, 2.05) is 18.2 Å². The number of nitrogens with two attached hydrogens (primary N) is 1. The first kappa shape index (κ1) is 20.7. The van der Waals surface area contributed by atoms with Gasteiger partial charge in [0.25, 0.3) is 0 Å². The van der Waals surface area contributed by atoms with E-state index >= 15 is 0 Å². The van der Waals surface area contributed by atoms with Crippen LogP contribution >= 0.6 is 24.8 Å². The standard InChI is InChI=1S/C15H21N3O2.2ClH/c1-11-17-13-10-12(7-8-14(13)20-11)18-15(19)6-4-2-3-5-9-16;;/h7-8,10H,2-6,9,16H2,1H3,(H,18,19);2*1H. The minimum Gasteiger partial charge on any atom is -0.441 e. The van der Waals surface area contributed by atoms with Crippen molar-refractivity contribution in [2.24, 2.45) is 5.73 Å². The molecule has 0 saturated heterocycles. The summed E-state index contributed by atoms with van der Waals surface area (Å²) in [4.78, 5) is 16.1. The Balaban J connectivity index is 0.00000220. The first-order chi connectivity index (χ1) is 9.69. The number of carbonyl (C=O) groups is 1. The lowest BCUT2D eigenvalue weighted by Crippen LogP contribution is -2.11. The highest BCUT2D eigenvalue weighted by Crippen LogP contribution is 2.19. The molecule has 1 amide bonds. The van der Waals surface area contributed by atoms with E-state index in [2.05, 4.69) is 10.3 Å². The summed E-state index contributed by atoms with van der Waals surface area (Å²) in [5, 5.41) is 2.89. The van der Waals surface area contributed by atoms with E-state index in [1.54, 1.807) is 6.92 Å². The van der Waals surface area contributed by atoms with Crippen molar-refractivity contribution in [2.45, 2.75) is 39.0 Å². The molecule has 0 saturated carbocycles. The predicted molar refractivity (Wildman–Crippen MR) is 94.0 cm³/mol. The van der Waals surface area contributed by atoms with Crippen LogP contribution in [0, 0.1) is 6.92 Å². The molecule has 22 heavy (non-hydrogen) atoms. The fourth-order valence-corrected chi connectivity index (χ4v) is 2.13. The summed E-state index contributed by atoms with van der Waals surface area (Å²) in [6.45, 7) is 2.53. The van der Waals surface area contributed by atoms with Crippen molar-refractivity contribution in [1.29, 1.82) is 0 Å². The molecular weight excluding hydrogens is 325 g/mol. The summed E-state index contributed by atoms with van der Waals surface area (Å²) in [7, 11) is 0. The minimum absolute atomic E-state index is 0. The highest BCUT2D eigenvalue weighted by Gasteiger charge is 2.06. The van der Waals surface area contributed by atoms with Crippen molar-refractivity contribution in [2.75, 3.05) is 11.9 Å². The van der Waals surface area contributed by atoms with Gasteiger partial charge in [0.05, 0.1) is 0 Å². The summed E-state index contributed by atoms with van der Waals surface area (Å²) >= 11 is 0. The van der Waals surface area contributed by atoms with Crippen molar-refractivity contribution in [3.63, 3.8) is 0 Å². The zero-order valence-corrected chi connectivity index (χ0v) is 14.3. The molecule has 2 aromatic rings. The summed E-state index contributed by atoms with van der Waals surface area (Å²) in [6, 6.07) is 5.49. The van der Waals surface area contributed by atoms with E-state index in [0.29, 0.717) is 12.3 Å². The number of hydrogen-bond acceptors (Lipinski definition) is 4. The largest absolute Gasteiger partial charge is 0.441 e. The summed E-state index contributed by atoms with van der Waals surface area (Å²) in [6.07, 6.45) is 4.61. The third kappa shape index (κ3) is 6.22. The Morgan fingerprint density at radius 1 is 1.23 bits per heavy atom. The number of aromatic nitrogens is 1. The number of carbonyl (C=O) groups excluding carboxylic acids is 1. The van der Waals surface area contributed by atoms with Gasteiger partial charge in [0.1, 0.15) is 5.52 Å². The molecule has 0 aliphatic rings.